The molecule has 0 aliphatic carbocycles. The summed E-state index contributed by atoms with van der Waals surface area (Å²) in [6.45, 7) is 4.22. The van der Waals surface area contributed by atoms with Crippen molar-refractivity contribution < 1.29 is 9.59 Å². The van der Waals surface area contributed by atoms with Crippen molar-refractivity contribution in [2.45, 2.75) is 44.8 Å². The number of carbonyl (C=O) groups excluding carboxylic acids is 2. The van der Waals surface area contributed by atoms with Crippen molar-refractivity contribution in [1.29, 1.82) is 0 Å². The third-order valence-corrected chi connectivity index (χ3v) is 7.13. The van der Waals surface area contributed by atoms with E-state index in [9.17, 15) is 9.59 Å². The monoisotopic (exact) mass is 465 g/mol. The Morgan fingerprint density at radius 2 is 1.87 bits per heavy atom. The largest absolute Gasteiger partial charge is 0.356 e. The first-order valence-corrected chi connectivity index (χ1v) is 11.3. The number of carbonyl (C=O) groups is 2. The number of nitrogens with zero attached hydrogens (tertiary/aromatic N) is 2. The number of para-hydroxylation sites is 1. The third kappa shape index (κ3) is 2.88. The van der Waals surface area contributed by atoms with Crippen LogP contribution in [0.3, 0.4) is 0 Å². The maximum Gasteiger partial charge on any atom is 0.246 e. The maximum absolute atomic E-state index is 13.5. The third-order valence-electron chi connectivity index (χ3n) is 6.60. The fraction of sp³-hybridized carbons (Fsp3) is 0.333. The van der Waals surface area contributed by atoms with Crippen molar-refractivity contribution in [1.82, 2.24) is 14.8 Å². The second-order valence-corrected chi connectivity index (χ2v) is 9.18. The number of halogens is 1. The minimum Gasteiger partial charge on any atom is -0.356 e. The van der Waals surface area contributed by atoms with Gasteiger partial charge in [0.05, 0.1) is 6.04 Å². The summed E-state index contributed by atoms with van der Waals surface area (Å²) in [5.74, 6) is 0.0686. The molecule has 154 valence electrons. The van der Waals surface area contributed by atoms with E-state index in [1.807, 2.05) is 48.2 Å². The zero-order valence-electron chi connectivity index (χ0n) is 17.1. The number of nitrogens with one attached hydrogen (secondary N) is 1. The van der Waals surface area contributed by atoms with E-state index in [1.165, 1.54) is 0 Å². The Morgan fingerprint density at radius 3 is 2.60 bits per heavy atom. The van der Waals surface area contributed by atoms with Crippen molar-refractivity contribution in [2.75, 3.05) is 6.54 Å². The number of benzene rings is 2. The van der Waals surface area contributed by atoms with Gasteiger partial charge >= 0.3 is 0 Å². The van der Waals surface area contributed by atoms with Crippen LogP contribution in [-0.4, -0.2) is 45.2 Å². The molecule has 0 radical (unpaired) electrons. The minimum atomic E-state index is -0.472. The molecule has 1 N–H and O–H groups in total. The molecule has 2 aromatic carbocycles. The summed E-state index contributed by atoms with van der Waals surface area (Å²) < 4.78 is 0.986. The van der Waals surface area contributed by atoms with Gasteiger partial charge in [0, 0.05) is 33.5 Å². The molecule has 2 aliphatic rings. The van der Waals surface area contributed by atoms with Crippen LogP contribution in [0, 0.1) is 0 Å². The lowest BCUT2D eigenvalue weighted by atomic mass is 9.86. The molecule has 6 heteroatoms. The van der Waals surface area contributed by atoms with Crippen molar-refractivity contribution in [3.8, 4) is 0 Å². The van der Waals surface area contributed by atoms with Crippen LogP contribution in [0.1, 0.15) is 43.1 Å². The maximum atomic E-state index is 13.5. The van der Waals surface area contributed by atoms with E-state index >= 15 is 0 Å². The highest BCUT2D eigenvalue weighted by Crippen LogP contribution is 2.42. The molecule has 1 saturated heterocycles. The highest BCUT2D eigenvalue weighted by Gasteiger charge is 2.48. The summed E-state index contributed by atoms with van der Waals surface area (Å²) in [6.07, 6.45) is 1.38. The van der Waals surface area contributed by atoms with Gasteiger partial charge in [0.1, 0.15) is 12.6 Å². The number of aromatic amines is 1. The van der Waals surface area contributed by atoms with Crippen molar-refractivity contribution in [3.05, 3.63) is 69.8 Å². The number of rotatable bonds is 3. The van der Waals surface area contributed by atoms with Gasteiger partial charge in [0.2, 0.25) is 11.8 Å². The second kappa shape index (κ2) is 7.27. The molecular formula is C24H24BrN3O2. The van der Waals surface area contributed by atoms with E-state index in [-0.39, 0.29) is 30.4 Å². The van der Waals surface area contributed by atoms with Crippen molar-refractivity contribution in [3.63, 3.8) is 0 Å². The first kappa shape index (κ1) is 19.4. The first-order chi connectivity index (χ1) is 14.5. The van der Waals surface area contributed by atoms with E-state index in [2.05, 4.69) is 40.0 Å². The van der Waals surface area contributed by atoms with Crippen LogP contribution < -0.4 is 0 Å². The Balaban J connectivity index is 1.70. The van der Waals surface area contributed by atoms with E-state index < -0.39 is 6.04 Å². The Labute approximate surface area is 184 Å². The zero-order valence-corrected chi connectivity index (χ0v) is 18.6. The lowest BCUT2D eigenvalue weighted by Crippen LogP contribution is -2.64. The van der Waals surface area contributed by atoms with Crippen molar-refractivity contribution >= 4 is 38.6 Å². The van der Waals surface area contributed by atoms with Gasteiger partial charge in [-0.3, -0.25) is 9.59 Å². The topological polar surface area (TPSA) is 56.4 Å². The number of H-pyrrole nitrogens is 1. The molecular weight excluding hydrogens is 442 g/mol. The van der Waals surface area contributed by atoms with Gasteiger partial charge in [-0.25, -0.2) is 0 Å². The fourth-order valence-electron chi connectivity index (χ4n) is 4.87. The Morgan fingerprint density at radius 1 is 1.13 bits per heavy atom. The average Bonchev–Trinajstić information content (AvgIpc) is 3.13. The molecule has 3 atom stereocenters. The zero-order chi connectivity index (χ0) is 21.0. The lowest BCUT2D eigenvalue weighted by Gasteiger charge is -2.48. The normalized spacial score (nSPS) is 22.2. The van der Waals surface area contributed by atoms with Crippen LogP contribution in [0.4, 0.5) is 0 Å². The van der Waals surface area contributed by atoms with Crippen LogP contribution in [0.2, 0.25) is 0 Å². The van der Waals surface area contributed by atoms with Crippen LogP contribution in [0.5, 0.6) is 0 Å². The van der Waals surface area contributed by atoms with E-state index in [1.54, 1.807) is 4.90 Å². The average molecular weight is 466 g/mol. The van der Waals surface area contributed by atoms with Crippen LogP contribution in [-0.2, 0) is 16.0 Å². The van der Waals surface area contributed by atoms with E-state index in [0.717, 1.165) is 38.6 Å². The molecule has 5 rings (SSSR count). The SMILES string of the molecule is CC[C@@H](C)N1CC(=O)N2[C@H](c3ccc(Br)cc3)c3[nH]c4ccccc4c3C[C@H]2C1=O. The molecule has 1 aromatic heterocycles. The Bertz CT molecular complexity index is 1140. The molecule has 3 aromatic rings. The molecule has 0 spiro atoms. The predicted molar refractivity (Wildman–Crippen MR) is 120 cm³/mol. The van der Waals surface area contributed by atoms with Crippen LogP contribution in [0.25, 0.3) is 10.9 Å². The number of hydrogen-bond acceptors (Lipinski definition) is 2. The molecule has 0 saturated carbocycles. The van der Waals surface area contributed by atoms with Gasteiger partial charge in [0.25, 0.3) is 0 Å². The lowest BCUT2D eigenvalue weighted by molar-refractivity contribution is -0.160. The van der Waals surface area contributed by atoms with Gasteiger partial charge in [0.15, 0.2) is 0 Å². The second-order valence-electron chi connectivity index (χ2n) is 8.26. The van der Waals surface area contributed by atoms with E-state index in [0.29, 0.717) is 6.42 Å². The van der Waals surface area contributed by atoms with Crippen LogP contribution in [0.15, 0.2) is 53.0 Å². The van der Waals surface area contributed by atoms with Gasteiger partial charge in [-0.2, -0.15) is 0 Å². The summed E-state index contributed by atoms with van der Waals surface area (Å²) in [5.41, 5.74) is 4.22. The van der Waals surface area contributed by atoms with Gasteiger partial charge in [-0.15, -0.1) is 0 Å². The smallest absolute Gasteiger partial charge is 0.246 e. The number of hydrogen-bond donors (Lipinski definition) is 1. The standard InChI is InChI=1S/C24H24BrN3O2/c1-3-14(2)27-13-21(29)28-20(24(27)30)12-18-17-6-4-5-7-19(17)26-22(18)23(28)15-8-10-16(25)11-9-15/h4-11,14,20,23,26H,3,12-13H2,1-2H3/t14-,20+,23-/m1/s1. The molecule has 5 nitrogen and oxygen atoms in total. The minimum absolute atomic E-state index is 0.0112. The van der Waals surface area contributed by atoms with Crippen LogP contribution >= 0.6 is 15.9 Å². The number of aromatic nitrogens is 1. The predicted octanol–water partition coefficient (Wildman–Crippen LogP) is 4.41. The number of fused-ring (bicyclic) bond motifs is 4. The quantitative estimate of drug-likeness (QED) is 0.622. The van der Waals surface area contributed by atoms with Gasteiger partial charge < -0.3 is 14.8 Å². The summed E-state index contributed by atoms with van der Waals surface area (Å²) in [5, 5.41) is 1.13. The molecule has 0 bridgehead atoms. The summed E-state index contributed by atoms with van der Waals surface area (Å²) in [6, 6.07) is 15.5. The first-order valence-electron chi connectivity index (χ1n) is 10.5. The molecule has 0 unspecified atom stereocenters. The van der Waals surface area contributed by atoms with E-state index in [4.69, 9.17) is 0 Å². The van der Waals surface area contributed by atoms with Gasteiger partial charge in [-0.05, 0) is 42.7 Å². The van der Waals surface area contributed by atoms with Gasteiger partial charge in [-0.1, -0.05) is 53.2 Å². The molecule has 3 heterocycles. The fourth-order valence-corrected chi connectivity index (χ4v) is 5.14. The molecule has 30 heavy (non-hydrogen) atoms. The molecule has 2 aliphatic heterocycles. The summed E-state index contributed by atoms with van der Waals surface area (Å²) in [7, 11) is 0. The summed E-state index contributed by atoms with van der Waals surface area (Å²) >= 11 is 3.50. The Kier molecular flexibility index (Phi) is 4.69. The highest BCUT2D eigenvalue weighted by molar-refractivity contribution is 9.10. The number of amides is 2. The molecule has 2 amide bonds. The summed E-state index contributed by atoms with van der Waals surface area (Å²) in [4.78, 5) is 34.1. The van der Waals surface area contributed by atoms with Crippen molar-refractivity contribution in [2.24, 2.45) is 0 Å². The number of piperazine rings is 1. The Hall–Kier alpha value is -2.60. The highest BCUT2D eigenvalue weighted by atomic mass is 79.9. The molecule has 1 fully saturated rings.